The van der Waals surface area contributed by atoms with Crippen molar-refractivity contribution in [2.24, 2.45) is 0 Å². The van der Waals surface area contributed by atoms with E-state index >= 15 is 0 Å². The van der Waals surface area contributed by atoms with Crippen LogP contribution in [0.15, 0.2) is 23.1 Å². The van der Waals surface area contributed by atoms with Gasteiger partial charge in [0.15, 0.2) is 18.1 Å². The molecule has 0 unspecified atom stereocenters. The van der Waals surface area contributed by atoms with Crippen LogP contribution in [-0.4, -0.2) is 83.1 Å². The molecule has 0 radical (unpaired) electrons. The zero-order valence-electron chi connectivity index (χ0n) is 16.9. The van der Waals surface area contributed by atoms with E-state index in [2.05, 4.69) is 0 Å². The summed E-state index contributed by atoms with van der Waals surface area (Å²) in [5.74, 6) is -0.862. The predicted molar refractivity (Wildman–Crippen MR) is 118 cm³/mol. The number of hydrogen-bond acceptors (Lipinski definition) is 8. The molecule has 2 aliphatic rings. The van der Waals surface area contributed by atoms with Crippen molar-refractivity contribution < 1.29 is 33.7 Å². The molecule has 0 atom stereocenters. The summed E-state index contributed by atoms with van der Waals surface area (Å²) in [6.45, 7) is 3.74. The van der Waals surface area contributed by atoms with Crippen LogP contribution < -0.4 is 9.47 Å². The third-order valence-electron chi connectivity index (χ3n) is 4.45. The number of nitrogens with zero attached hydrogens (tertiary/aromatic N) is 2. The molecule has 2 saturated heterocycles. The number of hydrogen-bond donors (Lipinski definition) is 1. The highest BCUT2D eigenvalue weighted by molar-refractivity contribution is 8.26. The highest BCUT2D eigenvalue weighted by Gasteiger charge is 2.33. The summed E-state index contributed by atoms with van der Waals surface area (Å²) in [5.41, 5.74) is 0.658. The number of rotatable bonds is 8. The number of ether oxygens (including phenoxy) is 3. The second-order valence-corrected chi connectivity index (χ2v) is 8.26. The number of carboxylic acids is 1. The topological polar surface area (TPSA) is 106 Å². The van der Waals surface area contributed by atoms with Crippen molar-refractivity contribution in [3.05, 3.63) is 28.7 Å². The van der Waals surface area contributed by atoms with Gasteiger partial charge in [-0.15, -0.1) is 0 Å². The Balaban J connectivity index is 1.72. The van der Waals surface area contributed by atoms with E-state index in [9.17, 15) is 14.4 Å². The number of thioether (sulfide) groups is 1. The number of carboxylic acid groups (broad SMARTS) is 1. The molecule has 166 valence electrons. The van der Waals surface area contributed by atoms with Gasteiger partial charge in [0.25, 0.3) is 11.8 Å². The first-order valence-corrected chi connectivity index (χ1v) is 10.8. The van der Waals surface area contributed by atoms with E-state index in [1.165, 1.54) is 0 Å². The smallest absolute Gasteiger partial charge is 0.323 e. The molecule has 2 fully saturated rings. The molecule has 0 bridgehead atoms. The van der Waals surface area contributed by atoms with Gasteiger partial charge < -0.3 is 24.2 Å². The Kier molecular flexibility index (Phi) is 7.88. The molecule has 0 aromatic heterocycles. The van der Waals surface area contributed by atoms with Crippen LogP contribution in [0.25, 0.3) is 6.08 Å². The normalized spacial score (nSPS) is 17.9. The van der Waals surface area contributed by atoms with Crippen LogP contribution in [0.2, 0.25) is 0 Å². The SMILES string of the molecule is CCOc1cc(C=C2SC(=S)N(CC(=O)O)C2=O)ccc1OCC(=O)N1CCOCC1. The van der Waals surface area contributed by atoms with E-state index in [1.54, 1.807) is 29.2 Å². The average molecular weight is 467 g/mol. The van der Waals surface area contributed by atoms with E-state index in [0.29, 0.717) is 54.9 Å². The lowest BCUT2D eigenvalue weighted by molar-refractivity contribution is -0.140. The van der Waals surface area contributed by atoms with Gasteiger partial charge in [-0.3, -0.25) is 19.3 Å². The van der Waals surface area contributed by atoms with Crippen LogP contribution in [0.5, 0.6) is 11.5 Å². The highest BCUT2D eigenvalue weighted by Crippen LogP contribution is 2.34. The molecule has 31 heavy (non-hydrogen) atoms. The molecule has 2 aliphatic heterocycles. The summed E-state index contributed by atoms with van der Waals surface area (Å²) < 4.78 is 16.8. The summed E-state index contributed by atoms with van der Waals surface area (Å²) in [7, 11) is 0. The van der Waals surface area contributed by atoms with E-state index in [4.69, 9.17) is 31.5 Å². The monoisotopic (exact) mass is 466 g/mol. The van der Waals surface area contributed by atoms with Crippen LogP contribution in [0.4, 0.5) is 0 Å². The van der Waals surface area contributed by atoms with Gasteiger partial charge in [-0.05, 0) is 30.7 Å². The molecule has 3 rings (SSSR count). The van der Waals surface area contributed by atoms with E-state index in [1.807, 2.05) is 6.92 Å². The molecule has 2 heterocycles. The number of aliphatic carboxylic acids is 1. The first kappa shape index (κ1) is 23.0. The van der Waals surface area contributed by atoms with Crippen molar-refractivity contribution in [1.82, 2.24) is 9.80 Å². The number of morpholine rings is 1. The predicted octanol–water partition coefficient (Wildman–Crippen LogP) is 1.61. The molecule has 0 aliphatic carbocycles. The van der Waals surface area contributed by atoms with Crippen LogP contribution in [0.1, 0.15) is 12.5 Å². The summed E-state index contributed by atoms with van der Waals surface area (Å²) in [4.78, 5) is 38.7. The lowest BCUT2D eigenvalue weighted by Gasteiger charge is -2.26. The van der Waals surface area contributed by atoms with Crippen molar-refractivity contribution in [3.8, 4) is 11.5 Å². The van der Waals surface area contributed by atoms with E-state index in [0.717, 1.165) is 16.7 Å². The van der Waals surface area contributed by atoms with Crippen molar-refractivity contribution in [2.45, 2.75) is 6.92 Å². The van der Waals surface area contributed by atoms with Crippen molar-refractivity contribution in [1.29, 1.82) is 0 Å². The molecule has 1 aromatic rings. The van der Waals surface area contributed by atoms with Gasteiger partial charge in [-0.1, -0.05) is 30.0 Å². The van der Waals surface area contributed by atoms with Crippen molar-refractivity contribution in [3.63, 3.8) is 0 Å². The Morgan fingerprint density at radius 1 is 1.26 bits per heavy atom. The first-order valence-electron chi connectivity index (χ1n) is 9.61. The Morgan fingerprint density at radius 2 is 2.00 bits per heavy atom. The molecular formula is C20H22N2O7S2. The third-order valence-corrected chi connectivity index (χ3v) is 5.83. The minimum absolute atomic E-state index is 0.118. The Morgan fingerprint density at radius 3 is 2.68 bits per heavy atom. The second kappa shape index (κ2) is 10.6. The van der Waals surface area contributed by atoms with Gasteiger partial charge in [0, 0.05) is 13.1 Å². The van der Waals surface area contributed by atoms with Crippen LogP contribution in [0.3, 0.4) is 0 Å². The van der Waals surface area contributed by atoms with Gasteiger partial charge in [0.1, 0.15) is 10.9 Å². The van der Waals surface area contributed by atoms with Crippen LogP contribution in [-0.2, 0) is 19.1 Å². The minimum Gasteiger partial charge on any atom is -0.490 e. The minimum atomic E-state index is -1.13. The molecule has 9 nitrogen and oxygen atoms in total. The fourth-order valence-electron chi connectivity index (χ4n) is 2.97. The second-order valence-electron chi connectivity index (χ2n) is 6.58. The molecule has 1 aromatic carbocycles. The molecule has 0 spiro atoms. The molecule has 11 heteroatoms. The largest absolute Gasteiger partial charge is 0.490 e. The number of carbonyl (C=O) groups is 3. The molecular weight excluding hydrogens is 444 g/mol. The Hall–Kier alpha value is -2.63. The Labute approximate surface area is 188 Å². The number of amides is 2. The first-order chi connectivity index (χ1) is 14.9. The summed E-state index contributed by atoms with van der Waals surface area (Å²) in [5, 5.41) is 8.94. The number of benzene rings is 1. The van der Waals surface area contributed by atoms with E-state index in [-0.39, 0.29) is 16.8 Å². The number of carbonyl (C=O) groups excluding carboxylic acids is 2. The lowest BCUT2D eigenvalue weighted by atomic mass is 10.2. The van der Waals surface area contributed by atoms with Crippen molar-refractivity contribution in [2.75, 3.05) is 46.1 Å². The zero-order chi connectivity index (χ0) is 22.4. The van der Waals surface area contributed by atoms with Gasteiger partial charge in [-0.25, -0.2) is 0 Å². The quantitative estimate of drug-likeness (QED) is 0.452. The Bertz CT molecular complexity index is 913. The number of thiocarbonyl (C=S) groups is 1. The maximum absolute atomic E-state index is 12.4. The zero-order valence-corrected chi connectivity index (χ0v) is 18.5. The lowest BCUT2D eigenvalue weighted by Crippen LogP contribution is -2.43. The van der Waals surface area contributed by atoms with Crippen molar-refractivity contribution >= 4 is 52.2 Å². The third kappa shape index (κ3) is 5.96. The van der Waals surface area contributed by atoms with Gasteiger partial charge >= 0.3 is 5.97 Å². The maximum Gasteiger partial charge on any atom is 0.323 e. The molecule has 1 N–H and O–H groups in total. The van der Waals surface area contributed by atoms with Gasteiger partial charge in [-0.2, -0.15) is 0 Å². The summed E-state index contributed by atoms with van der Waals surface area (Å²) in [6.07, 6.45) is 1.62. The molecule has 2 amide bonds. The summed E-state index contributed by atoms with van der Waals surface area (Å²) in [6, 6.07) is 5.09. The highest BCUT2D eigenvalue weighted by atomic mass is 32.2. The van der Waals surface area contributed by atoms with Crippen LogP contribution >= 0.6 is 24.0 Å². The standard InChI is InChI=1S/C20H22N2O7S2/c1-2-28-15-9-13(10-16-19(26)22(11-18(24)25)20(30)31-16)3-4-14(15)29-12-17(23)21-5-7-27-8-6-21/h3-4,9-10H,2,5-8,11-12H2,1H3,(H,24,25). The average Bonchev–Trinajstić information content (AvgIpc) is 3.01. The van der Waals surface area contributed by atoms with Gasteiger partial charge in [0.2, 0.25) is 0 Å². The maximum atomic E-state index is 12.4. The van der Waals surface area contributed by atoms with E-state index < -0.39 is 18.4 Å². The fourth-order valence-corrected chi connectivity index (χ4v) is 4.22. The summed E-state index contributed by atoms with van der Waals surface area (Å²) >= 11 is 6.15. The molecule has 0 saturated carbocycles. The van der Waals surface area contributed by atoms with Crippen LogP contribution in [0, 0.1) is 0 Å². The fraction of sp³-hybridized carbons (Fsp3) is 0.400. The van der Waals surface area contributed by atoms with Gasteiger partial charge in [0.05, 0.1) is 24.7 Å².